The third-order valence-electron chi connectivity index (χ3n) is 1.58. The molecule has 0 aromatic rings. The van der Waals surface area contributed by atoms with Crippen LogP contribution in [0.1, 0.15) is 19.3 Å². The summed E-state index contributed by atoms with van der Waals surface area (Å²) in [6, 6.07) is 0. The molecule has 0 nitrogen and oxygen atoms in total. The molecular weight excluding hydrogens is 104 g/mol. The average molecular weight is 113 g/mol. The van der Waals surface area contributed by atoms with Crippen molar-refractivity contribution in [2.24, 2.45) is 0 Å². The summed E-state index contributed by atoms with van der Waals surface area (Å²) < 4.78 is 0. The highest BCUT2D eigenvalue weighted by Gasteiger charge is 2.03. The van der Waals surface area contributed by atoms with E-state index in [4.69, 9.17) is 0 Å². The van der Waals surface area contributed by atoms with Crippen LogP contribution in [0, 0.1) is 0 Å². The Bertz CT molecular complexity index is 161. The first kappa shape index (κ1) is 4.02. The third kappa shape index (κ3) is 0.595. The molecule has 0 fully saturated rings. The minimum atomic E-state index is 0.726. The summed E-state index contributed by atoms with van der Waals surface area (Å²) in [4.78, 5) is 0. The van der Waals surface area contributed by atoms with Gasteiger partial charge in [-0.2, -0.15) is 0 Å². The van der Waals surface area contributed by atoms with Crippen LogP contribution in [0.3, 0.4) is 0 Å². The van der Waals surface area contributed by atoms with Crippen LogP contribution in [0.2, 0.25) is 0 Å². The van der Waals surface area contributed by atoms with E-state index in [-0.39, 0.29) is 0 Å². The van der Waals surface area contributed by atoms with E-state index in [0.29, 0.717) is 0 Å². The van der Waals surface area contributed by atoms with Crippen molar-refractivity contribution in [2.45, 2.75) is 24.5 Å². The van der Waals surface area contributed by atoms with Crippen LogP contribution in [0.4, 0.5) is 0 Å². The van der Waals surface area contributed by atoms with Gasteiger partial charge in [-0.05, 0) is 0 Å². The average Bonchev–Trinajstić information content (AvgIpc) is 2.41. The van der Waals surface area contributed by atoms with Crippen molar-refractivity contribution in [3.8, 4) is 0 Å². The Balaban J connectivity index is 2.29. The first-order valence-corrected chi connectivity index (χ1v) is 4.27. The molecule has 0 aromatic heterocycles. The third-order valence-corrected chi connectivity index (χ3v) is 3.61. The summed E-state index contributed by atoms with van der Waals surface area (Å²) in [5.74, 6) is 0. The van der Waals surface area contributed by atoms with E-state index in [2.05, 4.69) is 10.7 Å². The van der Waals surface area contributed by atoms with Gasteiger partial charge in [0.1, 0.15) is 0 Å². The number of rotatable bonds is 0. The van der Waals surface area contributed by atoms with Crippen LogP contribution in [-0.4, -0.2) is 16.0 Å². The minimum Gasteiger partial charge on any atom is -0.475 e. The van der Waals surface area contributed by atoms with Crippen molar-refractivity contribution >= 4 is 20.8 Å². The molecule has 1 heteroatoms. The molecule has 0 saturated carbocycles. The largest absolute Gasteiger partial charge is 0.475 e. The Morgan fingerprint density at radius 2 is 2.57 bits per heavy atom. The second-order valence-corrected chi connectivity index (χ2v) is 4.21. The topological polar surface area (TPSA) is 0 Å². The molecule has 0 amide bonds. The fraction of sp³-hybridized carbons (Fsp3) is 0.667. The molecule has 40 valence electrons. The molecule has 1 atom stereocenters. The van der Waals surface area contributed by atoms with E-state index in [1.807, 2.05) is 0 Å². The highest BCUT2D eigenvalue weighted by Crippen LogP contribution is 2.16. The maximum Gasteiger partial charge on any atom is -0.0531 e. The molecular formula is C6H9S-. The lowest BCUT2D eigenvalue weighted by atomic mass is 10.2. The van der Waals surface area contributed by atoms with Gasteiger partial charge >= 0.3 is 0 Å². The van der Waals surface area contributed by atoms with Crippen molar-refractivity contribution < 1.29 is 0 Å². The maximum atomic E-state index is 2.48. The van der Waals surface area contributed by atoms with E-state index >= 15 is 0 Å². The van der Waals surface area contributed by atoms with Gasteiger partial charge in [0, 0.05) is 0 Å². The predicted octanol–water partition coefficient (Wildman–Crippen LogP) is 0.775. The molecule has 0 N–H and O–H groups in total. The maximum absolute atomic E-state index is 2.48. The van der Waals surface area contributed by atoms with Crippen LogP contribution >= 0.6 is 0 Å². The lowest BCUT2D eigenvalue weighted by Gasteiger charge is -2.09. The second-order valence-electron chi connectivity index (χ2n) is 2.18. The van der Waals surface area contributed by atoms with E-state index in [9.17, 15) is 0 Å². The van der Waals surface area contributed by atoms with E-state index in [1.165, 1.54) is 19.3 Å². The van der Waals surface area contributed by atoms with E-state index < -0.39 is 0 Å². The lowest BCUT2D eigenvalue weighted by molar-refractivity contribution is 0.824. The molecule has 0 radical (unpaired) electrons. The SMILES string of the molecule is C1=[S-]2=CC2CCC1. The zero-order chi connectivity index (χ0) is 4.69. The fourth-order valence-electron chi connectivity index (χ4n) is 1.06. The Morgan fingerprint density at radius 3 is 3.14 bits per heavy atom. The van der Waals surface area contributed by atoms with Crippen LogP contribution in [0.25, 0.3) is 0 Å². The first-order valence-electron chi connectivity index (χ1n) is 2.86. The normalized spacial score (nSPS) is 38.0. The van der Waals surface area contributed by atoms with E-state index in [1.54, 1.807) is 0 Å². The summed E-state index contributed by atoms with van der Waals surface area (Å²) >= 11 is 0. The molecule has 2 heterocycles. The zero-order valence-electron chi connectivity index (χ0n) is 4.26. The standard InChI is InChI=1S/C6H9S/c1-2-4-7-5-6(7)3-1/h4-6H,1-3H2/q-1. The monoisotopic (exact) mass is 113 g/mol. The Labute approximate surface area is 46.1 Å². The van der Waals surface area contributed by atoms with Crippen molar-refractivity contribution in [3.63, 3.8) is 0 Å². The molecule has 1 unspecified atom stereocenters. The van der Waals surface area contributed by atoms with Crippen LogP contribution in [0.5, 0.6) is 0 Å². The molecule has 2 rings (SSSR count). The van der Waals surface area contributed by atoms with Crippen molar-refractivity contribution in [2.75, 3.05) is 0 Å². The summed E-state index contributed by atoms with van der Waals surface area (Å²) in [7, 11) is 0.726. The van der Waals surface area contributed by atoms with Crippen LogP contribution < -0.4 is 0 Å². The summed E-state index contributed by atoms with van der Waals surface area (Å²) in [6.07, 6.45) is 4.32. The zero-order valence-corrected chi connectivity index (χ0v) is 5.08. The molecule has 0 saturated heterocycles. The van der Waals surface area contributed by atoms with E-state index in [0.717, 1.165) is 15.3 Å². The Kier molecular flexibility index (Phi) is 0.736. The smallest absolute Gasteiger partial charge is 0.0531 e. The van der Waals surface area contributed by atoms with Crippen molar-refractivity contribution in [3.05, 3.63) is 0 Å². The minimum absolute atomic E-state index is 0.726. The quantitative estimate of drug-likeness (QED) is 0.321. The van der Waals surface area contributed by atoms with Gasteiger partial charge in [0.15, 0.2) is 0 Å². The van der Waals surface area contributed by atoms with Crippen LogP contribution in [0.15, 0.2) is 0 Å². The van der Waals surface area contributed by atoms with Gasteiger partial charge in [-0.25, -0.2) is 10.7 Å². The molecule has 2 aliphatic heterocycles. The van der Waals surface area contributed by atoms with Crippen molar-refractivity contribution in [1.29, 1.82) is 0 Å². The molecule has 0 bridgehead atoms. The molecule has 7 heavy (non-hydrogen) atoms. The van der Waals surface area contributed by atoms with Gasteiger partial charge < -0.3 is 10.1 Å². The molecule has 2 aliphatic rings. The molecule has 0 aromatic carbocycles. The number of fused-ring (bicyclic) bond motifs is 1. The molecule has 0 aliphatic carbocycles. The predicted molar refractivity (Wildman–Crippen MR) is 37.1 cm³/mol. The van der Waals surface area contributed by atoms with Crippen LogP contribution in [-0.2, 0) is 10.1 Å². The highest BCUT2D eigenvalue weighted by atomic mass is 32.2. The second kappa shape index (κ2) is 1.28. The molecule has 0 spiro atoms. The summed E-state index contributed by atoms with van der Waals surface area (Å²) in [6.45, 7) is 0. The van der Waals surface area contributed by atoms with Gasteiger partial charge in [0.25, 0.3) is 0 Å². The van der Waals surface area contributed by atoms with Gasteiger partial charge in [0.2, 0.25) is 0 Å². The van der Waals surface area contributed by atoms with Gasteiger partial charge in [-0.1, -0.05) is 19.3 Å². The Hall–Kier alpha value is 0.0900. The van der Waals surface area contributed by atoms with Crippen molar-refractivity contribution in [1.82, 2.24) is 0 Å². The van der Waals surface area contributed by atoms with Gasteiger partial charge in [-0.3, -0.25) is 0 Å². The lowest BCUT2D eigenvalue weighted by Crippen LogP contribution is -1.96. The number of hydrogen-bond donors (Lipinski definition) is 0. The highest BCUT2D eigenvalue weighted by molar-refractivity contribution is 8.03. The number of hydrogen-bond acceptors (Lipinski definition) is 1. The summed E-state index contributed by atoms with van der Waals surface area (Å²) in [5.41, 5.74) is 0. The first-order chi connectivity index (χ1) is 3.47. The Morgan fingerprint density at radius 1 is 1.57 bits per heavy atom. The fourth-order valence-corrected chi connectivity index (χ4v) is 2.92. The summed E-state index contributed by atoms with van der Waals surface area (Å²) in [5, 5.41) is 6.01. The van der Waals surface area contributed by atoms with Gasteiger partial charge in [0.05, 0.1) is 0 Å². The van der Waals surface area contributed by atoms with Gasteiger partial charge in [-0.15, -0.1) is 5.25 Å².